The second-order valence-electron chi connectivity index (χ2n) is 8.29. The van der Waals surface area contributed by atoms with Gasteiger partial charge >= 0.3 is 11.8 Å². The number of sulfonamides is 1. The summed E-state index contributed by atoms with van der Waals surface area (Å²) in [4.78, 5) is 24.5. The summed E-state index contributed by atoms with van der Waals surface area (Å²) in [5, 5.41) is 5.23. The van der Waals surface area contributed by atoms with Crippen molar-refractivity contribution in [2.75, 3.05) is 13.1 Å². The number of carbonyl (C=O) groups is 2. The number of hydrogen-bond donors (Lipinski definition) is 2. The lowest BCUT2D eigenvalue weighted by atomic mass is 10.0. The second-order valence-corrected chi connectivity index (χ2v) is 10.2. The summed E-state index contributed by atoms with van der Waals surface area (Å²) in [6, 6.07) is 14.4. The molecule has 0 bridgehead atoms. The summed E-state index contributed by atoms with van der Waals surface area (Å²) in [5.74, 6) is -1.40. The zero-order valence-corrected chi connectivity index (χ0v) is 19.5. The van der Waals surface area contributed by atoms with Crippen LogP contribution in [0.4, 0.5) is 0 Å². The van der Waals surface area contributed by atoms with Gasteiger partial charge in [0, 0.05) is 25.7 Å². The first-order chi connectivity index (χ1) is 15.3. The van der Waals surface area contributed by atoms with Crippen molar-refractivity contribution < 1.29 is 18.0 Å². The molecule has 0 spiro atoms. The Morgan fingerprint density at radius 2 is 1.50 bits per heavy atom. The SMILES string of the molecule is Cc1ccc(CNC(=O)C(=O)NCC[C@@H]2CCCCN2S(=O)(=O)c2ccc(C)cc2)cc1. The van der Waals surface area contributed by atoms with Crippen LogP contribution in [0.25, 0.3) is 0 Å². The van der Waals surface area contributed by atoms with Crippen molar-refractivity contribution in [2.45, 2.75) is 57.0 Å². The predicted molar refractivity (Wildman–Crippen MR) is 123 cm³/mol. The molecule has 32 heavy (non-hydrogen) atoms. The Morgan fingerprint density at radius 3 is 2.16 bits per heavy atom. The van der Waals surface area contributed by atoms with E-state index in [1.807, 2.05) is 38.1 Å². The smallest absolute Gasteiger partial charge is 0.309 e. The van der Waals surface area contributed by atoms with E-state index in [0.29, 0.717) is 13.0 Å². The standard InChI is InChI=1S/C24H31N3O4S/c1-18-6-10-20(11-7-18)17-26-24(29)23(28)25-15-14-21-5-3-4-16-27(21)32(30,31)22-12-8-19(2)9-13-22/h6-13,21H,3-5,14-17H2,1-2H3,(H,25,28)(H,26,29)/t21-/m0/s1. The van der Waals surface area contributed by atoms with Crippen LogP contribution in [0.15, 0.2) is 53.4 Å². The van der Waals surface area contributed by atoms with Crippen LogP contribution in [-0.2, 0) is 26.2 Å². The van der Waals surface area contributed by atoms with Gasteiger partial charge < -0.3 is 10.6 Å². The van der Waals surface area contributed by atoms with Gasteiger partial charge in [-0.15, -0.1) is 0 Å². The molecule has 7 nitrogen and oxygen atoms in total. The molecule has 8 heteroatoms. The molecular formula is C24H31N3O4S. The van der Waals surface area contributed by atoms with E-state index in [2.05, 4.69) is 10.6 Å². The number of piperidine rings is 1. The molecule has 0 saturated carbocycles. The molecule has 1 saturated heterocycles. The van der Waals surface area contributed by atoms with E-state index in [-0.39, 0.29) is 24.0 Å². The molecule has 2 aromatic carbocycles. The molecule has 1 atom stereocenters. The average molecular weight is 458 g/mol. The Labute approximate surface area is 190 Å². The lowest BCUT2D eigenvalue weighted by Crippen LogP contribution is -2.46. The van der Waals surface area contributed by atoms with Crippen molar-refractivity contribution >= 4 is 21.8 Å². The van der Waals surface area contributed by atoms with E-state index in [9.17, 15) is 18.0 Å². The van der Waals surface area contributed by atoms with Crippen molar-refractivity contribution in [3.05, 3.63) is 65.2 Å². The summed E-state index contributed by atoms with van der Waals surface area (Å²) >= 11 is 0. The van der Waals surface area contributed by atoms with E-state index in [4.69, 9.17) is 0 Å². The number of aryl methyl sites for hydroxylation is 2. The van der Waals surface area contributed by atoms with Gasteiger partial charge in [0.15, 0.2) is 0 Å². The zero-order valence-electron chi connectivity index (χ0n) is 18.6. The van der Waals surface area contributed by atoms with Crippen LogP contribution in [0.1, 0.15) is 42.4 Å². The summed E-state index contributed by atoms with van der Waals surface area (Å²) in [5.41, 5.74) is 3.04. The molecule has 1 fully saturated rings. The number of carbonyl (C=O) groups excluding carboxylic acids is 2. The first kappa shape index (κ1) is 23.9. The molecule has 0 aromatic heterocycles. The number of amides is 2. The highest BCUT2D eigenvalue weighted by molar-refractivity contribution is 7.89. The monoisotopic (exact) mass is 457 g/mol. The number of rotatable bonds is 7. The van der Waals surface area contributed by atoms with Gasteiger partial charge in [-0.25, -0.2) is 8.42 Å². The van der Waals surface area contributed by atoms with Gasteiger partial charge in [0.25, 0.3) is 0 Å². The van der Waals surface area contributed by atoms with Crippen LogP contribution < -0.4 is 10.6 Å². The molecule has 2 N–H and O–H groups in total. The van der Waals surface area contributed by atoms with Gasteiger partial charge in [-0.3, -0.25) is 9.59 Å². The predicted octanol–water partition coefficient (Wildman–Crippen LogP) is 2.67. The maximum Gasteiger partial charge on any atom is 0.309 e. The zero-order chi connectivity index (χ0) is 23.1. The van der Waals surface area contributed by atoms with Crippen LogP contribution >= 0.6 is 0 Å². The number of nitrogens with zero attached hydrogens (tertiary/aromatic N) is 1. The topological polar surface area (TPSA) is 95.6 Å². The maximum absolute atomic E-state index is 13.1. The third-order valence-corrected chi connectivity index (χ3v) is 7.71. The highest BCUT2D eigenvalue weighted by Gasteiger charge is 2.33. The molecule has 2 aromatic rings. The van der Waals surface area contributed by atoms with E-state index >= 15 is 0 Å². The summed E-state index contributed by atoms with van der Waals surface area (Å²) in [7, 11) is -3.60. The van der Waals surface area contributed by atoms with Gasteiger partial charge in [0.2, 0.25) is 10.0 Å². The molecule has 1 heterocycles. The minimum absolute atomic E-state index is 0.203. The van der Waals surface area contributed by atoms with Gasteiger partial charge in [-0.1, -0.05) is 53.9 Å². The van der Waals surface area contributed by atoms with Gasteiger partial charge in [-0.05, 0) is 50.8 Å². The molecule has 0 radical (unpaired) electrons. The van der Waals surface area contributed by atoms with Crippen LogP contribution in [0, 0.1) is 13.8 Å². The average Bonchev–Trinajstić information content (AvgIpc) is 2.79. The number of hydrogen-bond acceptors (Lipinski definition) is 4. The van der Waals surface area contributed by atoms with Crippen LogP contribution in [-0.4, -0.2) is 43.7 Å². The molecule has 1 aliphatic heterocycles. The van der Waals surface area contributed by atoms with Crippen LogP contribution in [0.2, 0.25) is 0 Å². The first-order valence-corrected chi connectivity index (χ1v) is 12.4. The van der Waals surface area contributed by atoms with E-state index in [0.717, 1.165) is 36.0 Å². The highest BCUT2D eigenvalue weighted by atomic mass is 32.2. The lowest BCUT2D eigenvalue weighted by Gasteiger charge is -2.34. The fourth-order valence-corrected chi connectivity index (χ4v) is 5.55. The third kappa shape index (κ3) is 6.17. The fraction of sp³-hybridized carbons (Fsp3) is 0.417. The van der Waals surface area contributed by atoms with Crippen molar-refractivity contribution in [3.63, 3.8) is 0 Å². The summed E-state index contributed by atoms with van der Waals surface area (Å²) in [6.45, 7) is 4.87. The van der Waals surface area contributed by atoms with Gasteiger partial charge in [-0.2, -0.15) is 4.31 Å². The Bertz CT molecular complexity index is 1030. The van der Waals surface area contributed by atoms with Crippen molar-refractivity contribution in [1.82, 2.24) is 14.9 Å². The van der Waals surface area contributed by atoms with Crippen molar-refractivity contribution in [1.29, 1.82) is 0 Å². The Kier molecular flexibility index (Phi) is 8.04. The van der Waals surface area contributed by atoms with Crippen molar-refractivity contribution in [2.24, 2.45) is 0 Å². The minimum Gasteiger partial charge on any atom is -0.348 e. The first-order valence-electron chi connectivity index (χ1n) is 11.0. The maximum atomic E-state index is 13.1. The summed E-state index contributed by atoms with van der Waals surface area (Å²) in [6.07, 6.45) is 2.95. The van der Waals surface area contributed by atoms with Crippen LogP contribution in [0.5, 0.6) is 0 Å². The molecule has 0 unspecified atom stereocenters. The molecule has 0 aliphatic carbocycles. The Hall–Kier alpha value is -2.71. The molecule has 172 valence electrons. The van der Waals surface area contributed by atoms with E-state index in [1.165, 1.54) is 0 Å². The Morgan fingerprint density at radius 1 is 0.906 bits per heavy atom. The van der Waals surface area contributed by atoms with E-state index < -0.39 is 21.8 Å². The normalized spacial score (nSPS) is 17.0. The highest BCUT2D eigenvalue weighted by Crippen LogP contribution is 2.27. The van der Waals surface area contributed by atoms with Gasteiger partial charge in [0.05, 0.1) is 4.90 Å². The van der Waals surface area contributed by atoms with Gasteiger partial charge in [0.1, 0.15) is 0 Å². The lowest BCUT2D eigenvalue weighted by molar-refractivity contribution is -0.139. The Balaban J connectivity index is 1.51. The fourth-order valence-electron chi connectivity index (χ4n) is 3.83. The summed E-state index contributed by atoms with van der Waals surface area (Å²) < 4.78 is 27.8. The van der Waals surface area contributed by atoms with Crippen LogP contribution in [0.3, 0.4) is 0 Å². The molecule has 2 amide bonds. The number of nitrogens with one attached hydrogen (secondary N) is 2. The minimum atomic E-state index is -3.60. The van der Waals surface area contributed by atoms with Crippen molar-refractivity contribution in [3.8, 4) is 0 Å². The number of benzene rings is 2. The molecule has 3 rings (SSSR count). The van der Waals surface area contributed by atoms with E-state index in [1.54, 1.807) is 28.6 Å². The largest absolute Gasteiger partial charge is 0.348 e. The third-order valence-electron chi connectivity index (χ3n) is 5.74. The molecular weight excluding hydrogens is 426 g/mol. The molecule has 1 aliphatic rings. The second kappa shape index (κ2) is 10.7. The quantitative estimate of drug-likeness (QED) is 0.625.